The van der Waals surface area contributed by atoms with Crippen molar-refractivity contribution in [3.05, 3.63) is 71.9 Å². The van der Waals surface area contributed by atoms with E-state index in [2.05, 4.69) is 30.2 Å². The van der Waals surface area contributed by atoms with Crippen molar-refractivity contribution >= 4 is 17.8 Å². The van der Waals surface area contributed by atoms with Crippen molar-refractivity contribution in [1.82, 2.24) is 9.97 Å². The molecule has 0 radical (unpaired) electrons. The number of aromatic nitrogens is 2. The van der Waals surface area contributed by atoms with Crippen LogP contribution in [0.3, 0.4) is 0 Å². The second kappa shape index (κ2) is 8.01. The fraction of sp³-hybridized carbons (Fsp3) is 0.261. The Morgan fingerprint density at radius 2 is 1.86 bits per heavy atom. The lowest BCUT2D eigenvalue weighted by atomic mass is 9.97. The first kappa shape index (κ1) is 19.1. The number of hydrogen-bond acceptors (Lipinski definition) is 6. The molecule has 6 heteroatoms. The lowest BCUT2D eigenvalue weighted by Crippen LogP contribution is -2.41. The van der Waals surface area contributed by atoms with Crippen LogP contribution in [0.1, 0.15) is 36.9 Å². The van der Waals surface area contributed by atoms with Crippen LogP contribution in [0.15, 0.2) is 60.8 Å². The molecule has 1 aliphatic heterocycles. The number of aliphatic hydroxyl groups excluding tert-OH is 1. The number of nitrogens with zero attached hydrogens (tertiary/aromatic N) is 3. The van der Waals surface area contributed by atoms with Gasteiger partial charge in [0.1, 0.15) is 0 Å². The topological polar surface area (TPSA) is 78.3 Å². The van der Waals surface area contributed by atoms with Crippen molar-refractivity contribution in [3.8, 4) is 11.4 Å². The van der Waals surface area contributed by atoms with Crippen LogP contribution in [0.4, 0.5) is 11.5 Å². The summed E-state index contributed by atoms with van der Waals surface area (Å²) in [6.07, 6.45) is 1.92. The molecule has 3 aromatic rings. The number of rotatable bonds is 6. The molecule has 0 amide bonds. The van der Waals surface area contributed by atoms with E-state index in [4.69, 9.17) is 4.98 Å². The largest absolute Gasteiger partial charge is 0.394 e. The molecule has 148 valence electrons. The summed E-state index contributed by atoms with van der Waals surface area (Å²) in [6, 6.07) is 17.3. The summed E-state index contributed by atoms with van der Waals surface area (Å²) < 4.78 is 0. The minimum Gasteiger partial charge on any atom is -0.394 e. The summed E-state index contributed by atoms with van der Waals surface area (Å²) in [7, 11) is 0. The van der Waals surface area contributed by atoms with E-state index in [9.17, 15) is 9.90 Å². The number of hydrogen-bond donors (Lipinski definition) is 2. The molecule has 2 heterocycles. The Morgan fingerprint density at radius 3 is 2.55 bits per heavy atom. The summed E-state index contributed by atoms with van der Waals surface area (Å²) in [6.45, 7) is 4.14. The molecule has 2 aromatic carbocycles. The van der Waals surface area contributed by atoms with Gasteiger partial charge in [-0.2, -0.15) is 0 Å². The van der Waals surface area contributed by atoms with Crippen LogP contribution in [-0.2, 0) is 4.79 Å². The van der Waals surface area contributed by atoms with E-state index in [-0.39, 0.29) is 6.61 Å². The van der Waals surface area contributed by atoms with Crippen LogP contribution in [-0.4, -0.2) is 34.1 Å². The van der Waals surface area contributed by atoms with Crippen LogP contribution in [0.25, 0.3) is 11.4 Å². The summed E-state index contributed by atoms with van der Waals surface area (Å²) >= 11 is 0. The molecule has 0 bridgehead atoms. The van der Waals surface area contributed by atoms with Crippen molar-refractivity contribution in [2.24, 2.45) is 0 Å². The maximum atomic E-state index is 11.8. The van der Waals surface area contributed by atoms with Gasteiger partial charge in [0.25, 0.3) is 0 Å². The molecule has 29 heavy (non-hydrogen) atoms. The first-order valence-corrected chi connectivity index (χ1v) is 9.76. The minimum atomic E-state index is -0.618. The number of benzene rings is 2. The van der Waals surface area contributed by atoms with Crippen LogP contribution in [0.5, 0.6) is 0 Å². The van der Waals surface area contributed by atoms with E-state index < -0.39 is 12.2 Å². The van der Waals surface area contributed by atoms with Gasteiger partial charge in [-0.15, -0.1) is 0 Å². The van der Waals surface area contributed by atoms with Crippen LogP contribution in [0.2, 0.25) is 0 Å². The zero-order valence-corrected chi connectivity index (χ0v) is 16.5. The molecule has 4 rings (SSSR count). The molecule has 6 nitrogen and oxygen atoms in total. The van der Waals surface area contributed by atoms with E-state index >= 15 is 0 Å². The molecule has 0 spiro atoms. The maximum absolute atomic E-state index is 11.8. The molecule has 0 fully saturated rings. The number of nitrogens with one attached hydrogen (secondary N) is 1. The number of fused-ring (bicyclic) bond motifs is 1. The number of carbonyl (C=O) groups excluding carboxylic acids is 1. The Labute approximate surface area is 170 Å². The van der Waals surface area contributed by atoms with Crippen molar-refractivity contribution in [2.75, 3.05) is 16.8 Å². The van der Waals surface area contributed by atoms with Gasteiger partial charge >= 0.3 is 0 Å². The summed E-state index contributed by atoms with van der Waals surface area (Å²) in [5, 5.41) is 13.3. The molecular formula is C23H24N4O2. The molecule has 2 atom stereocenters. The van der Waals surface area contributed by atoms with Gasteiger partial charge in [-0.25, -0.2) is 9.97 Å². The molecule has 2 N–H and O–H groups in total. The molecule has 0 saturated carbocycles. The van der Waals surface area contributed by atoms with E-state index in [0.717, 1.165) is 17.4 Å². The zero-order chi connectivity index (χ0) is 20.4. The van der Waals surface area contributed by atoms with Gasteiger partial charge in [-0.3, -0.25) is 4.79 Å². The molecular weight excluding hydrogens is 364 g/mol. The quantitative estimate of drug-likeness (QED) is 0.626. The highest BCUT2D eigenvalue weighted by molar-refractivity contribution is 5.83. The predicted molar refractivity (Wildman–Crippen MR) is 114 cm³/mol. The highest BCUT2D eigenvalue weighted by Gasteiger charge is 2.36. The second-order valence-electron chi connectivity index (χ2n) is 7.41. The lowest BCUT2D eigenvalue weighted by Gasteiger charge is -2.31. The van der Waals surface area contributed by atoms with E-state index in [1.165, 1.54) is 5.56 Å². The third-order valence-electron chi connectivity index (χ3n) is 5.26. The molecule has 0 saturated heterocycles. The monoisotopic (exact) mass is 388 g/mol. The highest BCUT2D eigenvalue weighted by atomic mass is 16.3. The third kappa shape index (κ3) is 3.47. The maximum Gasteiger partial charge on any atom is 0.162 e. The van der Waals surface area contributed by atoms with Crippen molar-refractivity contribution < 1.29 is 9.90 Å². The van der Waals surface area contributed by atoms with Gasteiger partial charge in [0, 0.05) is 5.56 Å². The molecule has 1 aliphatic rings. The van der Waals surface area contributed by atoms with Gasteiger partial charge in [-0.05, 0) is 17.0 Å². The number of carbonyl (C=O) groups is 1. The van der Waals surface area contributed by atoms with Gasteiger partial charge in [0.05, 0.1) is 24.5 Å². The van der Waals surface area contributed by atoms with Crippen LogP contribution >= 0.6 is 0 Å². The zero-order valence-electron chi connectivity index (χ0n) is 16.5. The highest BCUT2D eigenvalue weighted by Crippen LogP contribution is 2.39. The van der Waals surface area contributed by atoms with Gasteiger partial charge in [0.2, 0.25) is 0 Å². The predicted octanol–water partition coefficient (Wildman–Crippen LogP) is 3.76. The smallest absolute Gasteiger partial charge is 0.162 e. The average molecular weight is 388 g/mol. The summed E-state index contributed by atoms with van der Waals surface area (Å²) in [5.41, 5.74) is 3.74. The van der Waals surface area contributed by atoms with Crippen molar-refractivity contribution in [3.63, 3.8) is 0 Å². The molecule has 1 unspecified atom stereocenters. The van der Waals surface area contributed by atoms with Gasteiger partial charge in [-0.1, -0.05) is 68.4 Å². The standard InChI is InChI=1S/C23H24N4O2/c1-15(2)17-10-6-7-11-18(17)22-24-12-19-23(26-22)27(21(14-29)25-19)20(13-28)16-8-4-3-5-9-16/h3-12,14-15,20-21,25,28H,13H2,1-2H3/t20?,21-/m0/s1. The molecule has 0 aliphatic carbocycles. The van der Waals surface area contributed by atoms with E-state index in [0.29, 0.717) is 23.2 Å². The van der Waals surface area contributed by atoms with Gasteiger partial charge < -0.3 is 15.3 Å². The van der Waals surface area contributed by atoms with E-state index in [1.54, 1.807) is 6.20 Å². The first-order valence-electron chi connectivity index (χ1n) is 9.76. The Morgan fingerprint density at radius 1 is 1.14 bits per heavy atom. The average Bonchev–Trinajstić information content (AvgIpc) is 3.13. The second-order valence-corrected chi connectivity index (χ2v) is 7.41. The first-order chi connectivity index (χ1) is 14.1. The fourth-order valence-electron chi connectivity index (χ4n) is 3.84. The van der Waals surface area contributed by atoms with E-state index in [1.807, 2.05) is 53.4 Å². The van der Waals surface area contributed by atoms with Crippen LogP contribution < -0.4 is 10.2 Å². The minimum absolute atomic E-state index is 0.141. The number of aldehydes is 1. The lowest BCUT2D eigenvalue weighted by molar-refractivity contribution is -0.108. The number of anilines is 2. The van der Waals surface area contributed by atoms with Crippen molar-refractivity contribution in [1.29, 1.82) is 0 Å². The third-order valence-corrected chi connectivity index (χ3v) is 5.26. The Balaban J connectivity index is 1.82. The normalized spacial score (nSPS) is 16.4. The molecule has 1 aromatic heterocycles. The number of aliphatic hydroxyl groups is 1. The fourth-order valence-corrected chi connectivity index (χ4v) is 3.84. The summed E-state index contributed by atoms with van der Waals surface area (Å²) in [4.78, 5) is 23.0. The summed E-state index contributed by atoms with van der Waals surface area (Å²) in [5.74, 6) is 1.55. The van der Waals surface area contributed by atoms with Crippen molar-refractivity contribution in [2.45, 2.75) is 32.0 Å². The SMILES string of the molecule is CC(C)c1ccccc1-c1ncc2c(n1)N(C(CO)c1ccccc1)[C@@H](C=O)N2. The van der Waals surface area contributed by atoms with Gasteiger partial charge in [0.15, 0.2) is 24.1 Å². The Kier molecular flexibility index (Phi) is 5.27. The van der Waals surface area contributed by atoms with Crippen LogP contribution in [0, 0.1) is 0 Å². The Bertz CT molecular complexity index is 1010. The Hall–Kier alpha value is -3.25.